The first kappa shape index (κ1) is 10.7. The lowest BCUT2D eigenvalue weighted by Crippen LogP contribution is -2.13. The highest BCUT2D eigenvalue weighted by Gasteiger charge is 2.08. The molecule has 1 N–H and O–H groups in total. The Morgan fingerprint density at radius 2 is 1.92 bits per heavy atom. The van der Waals surface area contributed by atoms with Gasteiger partial charge in [-0.3, -0.25) is 0 Å². The lowest BCUT2D eigenvalue weighted by Gasteiger charge is -2.06. The highest BCUT2D eigenvalue weighted by atomic mass is 16.5. The molecule has 0 aliphatic rings. The summed E-state index contributed by atoms with van der Waals surface area (Å²) in [5.74, 6) is -1.74. The molecule has 0 fully saturated rings. The van der Waals surface area contributed by atoms with E-state index in [9.17, 15) is 9.59 Å². The molecule has 0 heterocycles. The number of carbonyl (C=O) groups excluding carboxylic acids is 1. The normalized spacial score (nSPS) is 11.5. The summed E-state index contributed by atoms with van der Waals surface area (Å²) < 4.78 is 4.74. The minimum atomic E-state index is -1.15. The predicted molar refractivity (Wildman–Crippen MR) is 42.6 cm³/mol. The Hall–Kier alpha value is -1.32. The van der Waals surface area contributed by atoms with E-state index in [2.05, 4.69) is 0 Å². The predicted octanol–water partition coefficient (Wildman–Crippen LogP) is 0.969. The minimum Gasteiger partial charge on any atom is -0.478 e. The maximum atomic E-state index is 10.9. The molecule has 0 aliphatic carbocycles. The summed E-state index contributed by atoms with van der Waals surface area (Å²) >= 11 is 0. The van der Waals surface area contributed by atoms with E-state index in [-0.39, 0.29) is 11.7 Å². The summed E-state index contributed by atoms with van der Waals surface area (Å²) in [5.41, 5.74) is 0.0937. The second-order valence-electron chi connectivity index (χ2n) is 2.62. The molecule has 4 nitrogen and oxygen atoms in total. The van der Waals surface area contributed by atoms with E-state index < -0.39 is 11.9 Å². The Morgan fingerprint density at radius 3 is 2.25 bits per heavy atom. The van der Waals surface area contributed by atoms with Gasteiger partial charge >= 0.3 is 11.9 Å². The van der Waals surface area contributed by atoms with Gasteiger partial charge in [-0.15, -0.1) is 0 Å². The third-order valence-electron chi connectivity index (χ3n) is 1.00. The number of ether oxygens (including phenoxy) is 1. The van der Waals surface area contributed by atoms with E-state index in [1.807, 2.05) is 0 Å². The van der Waals surface area contributed by atoms with Crippen molar-refractivity contribution in [2.45, 2.75) is 26.9 Å². The molecular formula is C8H12O4. The van der Waals surface area contributed by atoms with E-state index in [1.165, 1.54) is 6.92 Å². The van der Waals surface area contributed by atoms with E-state index in [4.69, 9.17) is 9.84 Å². The number of carboxylic acid groups (broad SMARTS) is 1. The van der Waals surface area contributed by atoms with Crippen LogP contribution in [0, 0.1) is 0 Å². The van der Waals surface area contributed by atoms with Crippen LogP contribution in [0.2, 0.25) is 0 Å². The molecule has 12 heavy (non-hydrogen) atoms. The van der Waals surface area contributed by atoms with Gasteiger partial charge in [0.15, 0.2) is 0 Å². The van der Waals surface area contributed by atoms with Crippen LogP contribution in [0.25, 0.3) is 0 Å². The fourth-order valence-corrected chi connectivity index (χ4v) is 0.551. The van der Waals surface area contributed by atoms with Gasteiger partial charge in [-0.2, -0.15) is 0 Å². The number of aliphatic carboxylic acids is 1. The zero-order valence-electron chi connectivity index (χ0n) is 7.33. The van der Waals surface area contributed by atoms with Crippen LogP contribution in [0.1, 0.15) is 20.8 Å². The number of carboxylic acids is 1. The van der Waals surface area contributed by atoms with Crippen molar-refractivity contribution >= 4 is 11.9 Å². The molecule has 0 saturated heterocycles. The van der Waals surface area contributed by atoms with Crippen molar-refractivity contribution < 1.29 is 19.4 Å². The average molecular weight is 172 g/mol. The Bertz CT molecular complexity index is 215. The van der Waals surface area contributed by atoms with Crippen LogP contribution in [0.3, 0.4) is 0 Å². The average Bonchev–Trinajstić information content (AvgIpc) is 1.84. The molecule has 0 saturated carbocycles. The minimum absolute atomic E-state index is 0.0937. The lowest BCUT2D eigenvalue weighted by molar-refractivity contribution is -0.143. The summed E-state index contributed by atoms with van der Waals surface area (Å²) in [7, 11) is 0. The van der Waals surface area contributed by atoms with Gasteiger partial charge in [0.25, 0.3) is 0 Å². The molecule has 0 aromatic carbocycles. The van der Waals surface area contributed by atoms with Crippen molar-refractivity contribution in [2.24, 2.45) is 0 Å². The highest BCUT2D eigenvalue weighted by molar-refractivity contribution is 5.95. The molecule has 0 unspecified atom stereocenters. The fourth-order valence-electron chi connectivity index (χ4n) is 0.551. The van der Waals surface area contributed by atoms with Gasteiger partial charge in [0.05, 0.1) is 6.10 Å². The van der Waals surface area contributed by atoms with Crippen LogP contribution < -0.4 is 0 Å². The Balaban J connectivity index is 4.20. The first-order valence-corrected chi connectivity index (χ1v) is 3.55. The number of carbonyl (C=O) groups is 2. The molecular weight excluding hydrogens is 160 g/mol. The number of hydrogen-bond donors (Lipinski definition) is 1. The van der Waals surface area contributed by atoms with Gasteiger partial charge < -0.3 is 9.84 Å². The van der Waals surface area contributed by atoms with Gasteiger partial charge in [-0.1, -0.05) is 0 Å². The van der Waals surface area contributed by atoms with Crippen LogP contribution in [0.15, 0.2) is 11.6 Å². The summed E-state index contributed by atoms with van der Waals surface area (Å²) in [4.78, 5) is 21.1. The summed E-state index contributed by atoms with van der Waals surface area (Å²) in [6, 6.07) is 0. The topological polar surface area (TPSA) is 63.6 Å². The zero-order chi connectivity index (χ0) is 9.72. The monoisotopic (exact) mass is 172 g/mol. The zero-order valence-corrected chi connectivity index (χ0v) is 7.33. The first-order chi connectivity index (χ1) is 5.43. The molecule has 0 amide bonds. The van der Waals surface area contributed by atoms with E-state index in [0.29, 0.717) is 0 Å². The van der Waals surface area contributed by atoms with Gasteiger partial charge in [0.2, 0.25) is 0 Å². The van der Waals surface area contributed by atoms with Crippen LogP contribution in [-0.2, 0) is 14.3 Å². The number of rotatable bonds is 3. The fraction of sp³-hybridized carbons (Fsp3) is 0.500. The molecule has 4 heteroatoms. The molecule has 0 spiro atoms. The third-order valence-corrected chi connectivity index (χ3v) is 1.00. The largest absolute Gasteiger partial charge is 0.478 e. The maximum Gasteiger partial charge on any atom is 0.334 e. The molecule has 0 rings (SSSR count). The molecule has 0 radical (unpaired) electrons. The van der Waals surface area contributed by atoms with Crippen LogP contribution in [-0.4, -0.2) is 23.1 Å². The molecule has 0 aromatic rings. The molecule has 0 atom stereocenters. The van der Waals surface area contributed by atoms with Crippen molar-refractivity contribution in [1.82, 2.24) is 0 Å². The van der Waals surface area contributed by atoms with Crippen LogP contribution in [0.5, 0.6) is 0 Å². The first-order valence-electron chi connectivity index (χ1n) is 3.55. The maximum absolute atomic E-state index is 10.9. The van der Waals surface area contributed by atoms with E-state index in [1.54, 1.807) is 13.8 Å². The molecule has 0 bridgehead atoms. The van der Waals surface area contributed by atoms with Gasteiger partial charge in [0.1, 0.15) is 0 Å². The Labute approximate surface area is 70.8 Å². The lowest BCUT2D eigenvalue weighted by atomic mass is 10.3. The van der Waals surface area contributed by atoms with Gasteiger partial charge in [-0.25, -0.2) is 9.59 Å². The second kappa shape index (κ2) is 4.54. The number of esters is 1. The smallest absolute Gasteiger partial charge is 0.334 e. The van der Waals surface area contributed by atoms with E-state index in [0.717, 1.165) is 6.08 Å². The Kier molecular flexibility index (Phi) is 4.04. The molecule has 0 aliphatic heterocycles. The van der Waals surface area contributed by atoms with Crippen molar-refractivity contribution in [3.8, 4) is 0 Å². The highest BCUT2D eigenvalue weighted by Crippen LogP contribution is 1.99. The van der Waals surface area contributed by atoms with Crippen LogP contribution in [0.4, 0.5) is 0 Å². The van der Waals surface area contributed by atoms with Crippen molar-refractivity contribution in [3.05, 3.63) is 11.6 Å². The summed E-state index contributed by atoms with van der Waals surface area (Å²) in [5, 5.41) is 8.28. The standard InChI is InChI=1S/C8H12O4/c1-5(2)12-8(11)6(3)4-7(9)10/h4-5H,1-3H3,(H,9,10)/b6-4+. The Morgan fingerprint density at radius 1 is 1.42 bits per heavy atom. The van der Waals surface area contributed by atoms with E-state index >= 15 is 0 Å². The quantitative estimate of drug-likeness (QED) is 0.509. The third kappa shape index (κ3) is 4.49. The summed E-state index contributed by atoms with van der Waals surface area (Å²) in [6.45, 7) is 4.80. The van der Waals surface area contributed by atoms with Crippen LogP contribution >= 0.6 is 0 Å². The van der Waals surface area contributed by atoms with Gasteiger partial charge in [0, 0.05) is 11.6 Å². The van der Waals surface area contributed by atoms with Crippen molar-refractivity contribution in [3.63, 3.8) is 0 Å². The SMILES string of the molecule is C/C(=C\C(=O)O)C(=O)OC(C)C. The summed E-state index contributed by atoms with van der Waals surface area (Å²) in [6.07, 6.45) is 0.597. The molecule has 68 valence electrons. The molecule has 0 aromatic heterocycles. The second-order valence-corrected chi connectivity index (χ2v) is 2.62. The van der Waals surface area contributed by atoms with Crippen molar-refractivity contribution in [1.29, 1.82) is 0 Å². The van der Waals surface area contributed by atoms with Crippen molar-refractivity contribution in [2.75, 3.05) is 0 Å². The number of hydrogen-bond acceptors (Lipinski definition) is 3. The van der Waals surface area contributed by atoms with Gasteiger partial charge in [-0.05, 0) is 20.8 Å².